The molecule has 0 aliphatic heterocycles. The zero-order valence-electron chi connectivity index (χ0n) is 16.2. The average Bonchev–Trinajstić information content (AvgIpc) is 2.66. The van der Waals surface area contributed by atoms with Gasteiger partial charge < -0.3 is 15.9 Å². The summed E-state index contributed by atoms with van der Waals surface area (Å²) in [6.07, 6.45) is -5.47. The molecule has 170 valence electrons. The van der Waals surface area contributed by atoms with Gasteiger partial charge in [0.1, 0.15) is 11.8 Å². The molecular formula is C20H22ClF3N2O4S. The predicted molar refractivity (Wildman–Crippen MR) is 113 cm³/mol. The van der Waals surface area contributed by atoms with Gasteiger partial charge in [0.25, 0.3) is 0 Å². The first kappa shape index (κ1) is 25.0. The van der Waals surface area contributed by atoms with Gasteiger partial charge in [-0.1, -0.05) is 35.9 Å². The Kier molecular flexibility index (Phi) is 7.96. The van der Waals surface area contributed by atoms with Crippen molar-refractivity contribution in [2.45, 2.75) is 31.0 Å². The molecule has 2 aromatic carbocycles. The van der Waals surface area contributed by atoms with E-state index in [0.29, 0.717) is 16.1 Å². The standard InChI is InChI=1S/C20H22ClF3N2O4S/c21-14-5-6-15(18(27)11-14)12-1-3-13(4-2-12)16(20(22,23)24)7-9-31(26,30)10-8-17(25)19(28)29/h1-6,11,16-17,26-27H,7-10,25H2,(H,28,29)/t16?,17-,31?/m0/s1. The van der Waals surface area contributed by atoms with Crippen molar-refractivity contribution in [1.82, 2.24) is 0 Å². The summed E-state index contributed by atoms with van der Waals surface area (Å²) in [4.78, 5) is 10.7. The van der Waals surface area contributed by atoms with Crippen molar-refractivity contribution in [3.8, 4) is 16.9 Å². The monoisotopic (exact) mass is 478 g/mol. The van der Waals surface area contributed by atoms with Crippen LogP contribution in [0, 0.1) is 4.78 Å². The number of carbonyl (C=O) groups is 1. The van der Waals surface area contributed by atoms with E-state index in [1.807, 2.05) is 0 Å². The van der Waals surface area contributed by atoms with Gasteiger partial charge in [-0.3, -0.25) is 9.57 Å². The number of phenolic OH excluding ortho intramolecular Hbond substituents is 1. The Morgan fingerprint density at radius 2 is 1.71 bits per heavy atom. The third kappa shape index (κ3) is 7.12. The molecule has 0 aliphatic carbocycles. The van der Waals surface area contributed by atoms with Gasteiger partial charge in [0.15, 0.2) is 0 Å². The molecule has 0 aliphatic rings. The number of rotatable bonds is 9. The quantitative estimate of drug-likeness (QED) is 0.419. The summed E-state index contributed by atoms with van der Waals surface area (Å²) in [5.41, 5.74) is 6.14. The van der Waals surface area contributed by atoms with E-state index < -0.39 is 46.0 Å². The van der Waals surface area contributed by atoms with Gasteiger partial charge in [-0.15, -0.1) is 0 Å². The summed E-state index contributed by atoms with van der Waals surface area (Å²) in [6.45, 7) is 0. The molecule has 31 heavy (non-hydrogen) atoms. The molecule has 0 aromatic heterocycles. The molecule has 2 unspecified atom stereocenters. The zero-order chi connectivity index (χ0) is 23.4. The fraction of sp³-hybridized carbons (Fsp3) is 0.350. The lowest BCUT2D eigenvalue weighted by Gasteiger charge is -2.22. The molecule has 0 heterocycles. The van der Waals surface area contributed by atoms with Crippen LogP contribution < -0.4 is 5.73 Å². The second-order valence-electron chi connectivity index (χ2n) is 7.12. The molecule has 0 radical (unpaired) electrons. The van der Waals surface area contributed by atoms with Crippen molar-refractivity contribution in [1.29, 1.82) is 4.78 Å². The Morgan fingerprint density at radius 1 is 1.13 bits per heavy atom. The van der Waals surface area contributed by atoms with Gasteiger partial charge in [0.05, 0.1) is 5.92 Å². The minimum atomic E-state index is -4.63. The molecule has 2 rings (SSSR count). The van der Waals surface area contributed by atoms with Crippen LogP contribution >= 0.6 is 11.6 Å². The van der Waals surface area contributed by atoms with Crippen LogP contribution in [0.5, 0.6) is 5.75 Å². The van der Waals surface area contributed by atoms with Gasteiger partial charge in [-0.25, -0.2) is 4.21 Å². The maximum absolute atomic E-state index is 13.6. The number of hydrogen-bond acceptors (Lipinski definition) is 5. The molecule has 3 atom stereocenters. The van der Waals surface area contributed by atoms with E-state index >= 15 is 0 Å². The highest BCUT2D eigenvalue weighted by Crippen LogP contribution is 2.39. The Labute approximate surface area is 182 Å². The number of nitrogens with two attached hydrogens (primary N) is 1. The maximum Gasteiger partial charge on any atom is 0.395 e. The van der Waals surface area contributed by atoms with Crippen molar-refractivity contribution < 1.29 is 32.4 Å². The van der Waals surface area contributed by atoms with Crippen LogP contribution in [0.1, 0.15) is 24.3 Å². The number of halogens is 4. The van der Waals surface area contributed by atoms with Crippen LogP contribution in [0.15, 0.2) is 42.5 Å². The van der Waals surface area contributed by atoms with E-state index in [1.54, 1.807) is 12.1 Å². The first-order valence-electron chi connectivity index (χ1n) is 9.18. The number of benzene rings is 2. The maximum atomic E-state index is 13.6. The summed E-state index contributed by atoms with van der Waals surface area (Å²) in [5, 5.41) is 19.0. The lowest BCUT2D eigenvalue weighted by molar-refractivity contribution is -0.150. The number of aromatic hydroxyl groups is 1. The third-order valence-corrected chi connectivity index (χ3v) is 6.82. The fourth-order valence-electron chi connectivity index (χ4n) is 3.01. The molecular weight excluding hydrogens is 457 g/mol. The van der Waals surface area contributed by atoms with Crippen LogP contribution in [0.4, 0.5) is 13.2 Å². The first-order chi connectivity index (χ1) is 14.3. The van der Waals surface area contributed by atoms with Crippen LogP contribution in [0.2, 0.25) is 5.02 Å². The summed E-state index contributed by atoms with van der Waals surface area (Å²) in [6, 6.07) is 8.50. The second kappa shape index (κ2) is 9.88. The molecule has 6 nitrogen and oxygen atoms in total. The van der Waals surface area contributed by atoms with E-state index in [4.69, 9.17) is 27.2 Å². The van der Waals surface area contributed by atoms with E-state index in [1.165, 1.54) is 30.3 Å². The summed E-state index contributed by atoms with van der Waals surface area (Å²) in [5.74, 6) is -4.31. The molecule has 11 heteroatoms. The van der Waals surface area contributed by atoms with Crippen LogP contribution in [-0.2, 0) is 14.5 Å². The second-order valence-corrected chi connectivity index (χ2v) is 10.00. The topological polar surface area (TPSA) is 124 Å². The van der Waals surface area contributed by atoms with Crippen molar-refractivity contribution >= 4 is 27.3 Å². The number of hydrogen-bond donors (Lipinski definition) is 4. The minimum Gasteiger partial charge on any atom is -0.507 e. The first-order valence-corrected chi connectivity index (χ1v) is 11.5. The molecule has 0 amide bonds. The fourth-order valence-corrected chi connectivity index (χ4v) is 4.64. The number of alkyl halides is 3. The highest BCUT2D eigenvalue weighted by atomic mass is 35.5. The van der Waals surface area contributed by atoms with Crippen LogP contribution in [-0.4, -0.2) is 44.1 Å². The minimum absolute atomic E-state index is 0.0675. The van der Waals surface area contributed by atoms with Crippen LogP contribution in [0.3, 0.4) is 0 Å². The molecule has 0 saturated heterocycles. The lowest BCUT2D eigenvalue weighted by Crippen LogP contribution is -2.32. The molecule has 0 fully saturated rings. The average molecular weight is 479 g/mol. The highest BCUT2D eigenvalue weighted by Gasteiger charge is 2.40. The lowest BCUT2D eigenvalue weighted by atomic mass is 9.93. The molecule has 2 aromatic rings. The van der Waals surface area contributed by atoms with Crippen LogP contribution in [0.25, 0.3) is 11.1 Å². The van der Waals surface area contributed by atoms with E-state index in [0.717, 1.165) is 0 Å². The molecule has 5 N–H and O–H groups in total. The number of nitrogens with one attached hydrogen (secondary N) is 1. The zero-order valence-corrected chi connectivity index (χ0v) is 17.8. The number of carboxylic acids is 1. The normalized spacial score (nSPS) is 15.8. The van der Waals surface area contributed by atoms with Gasteiger partial charge in [0, 0.05) is 31.8 Å². The van der Waals surface area contributed by atoms with E-state index in [-0.39, 0.29) is 23.5 Å². The third-order valence-electron chi connectivity index (χ3n) is 4.79. The van der Waals surface area contributed by atoms with Crippen molar-refractivity contribution in [3.05, 3.63) is 53.1 Å². The summed E-state index contributed by atoms with van der Waals surface area (Å²) >= 11 is 5.79. The SMILES string of the molecule is N=S(=O)(CCC(c1ccc(-c2ccc(Cl)cc2O)cc1)C(F)(F)F)CC[C@H](N)C(=O)O. The number of aliphatic carboxylic acids is 1. The van der Waals surface area contributed by atoms with Gasteiger partial charge in [-0.05, 0) is 42.2 Å². The molecule has 0 spiro atoms. The Morgan fingerprint density at radius 3 is 2.23 bits per heavy atom. The van der Waals surface area contributed by atoms with Crippen molar-refractivity contribution in [2.75, 3.05) is 11.5 Å². The highest BCUT2D eigenvalue weighted by molar-refractivity contribution is 7.92. The van der Waals surface area contributed by atoms with Crippen molar-refractivity contribution in [2.24, 2.45) is 5.73 Å². The van der Waals surface area contributed by atoms with Crippen molar-refractivity contribution in [3.63, 3.8) is 0 Å². The number of phenols is 1. The smallest absolute Gasteiger partial charge is 0.395 e. The van der Waals surface area contributed by atoms with Gasteiger partial charge in [0.2, 0.25) is 0 Å². The summed E-state index contributed by atoms with van der Waals surface area (Å²) < 4.78 is 61.0. The predicted octanol–water partition coefficient (Wildman–Crippen LogP) is 4.60. The Balaban J connectivity index is 2.17. The Hall–Kier alpha value is -2.30. The van der Waals surface area contributed by atoms with E-state index in [2.05, 4.69) is 0 Å². The Bertz CT molecular complexity index is 1030. The number of carboxylic acid groups (broad SMARTS) is 1. The molecule has 0 bridgehead atoms. The van der Waals surface area contributed by atoms with E-state index in [9.17, 15) is 27.3 Å². The summed E-state index contributed by atoms with van der Waals surface area (Å²) in [7, 11) is -3.42. The largest absolute Gasteiger partial charge is 0.507 e. The molecule has 0 saturated carbocycles. The van der Waals surface area contributed by atoms with Gasteiger partial charge in [-0.2, -0.15) is 13.2 Å². The van der Waals surface area contributed by atoms with Gasteiger partial charge >= 0.3 is 12.1 Å².